The van der Waals surface area contributed by atoms with E-state index in [1.165, 1.54) is 6.21 Å². The van der Waals surface area contributed by atoms with E-state index in [4.69, 9.17) is 35.4 Å². The molecule has 0 radical (unpaired) electrons. The van der Waals surface area contributed by atoms with Crippen LogP contribution in [-0.2, 0) is 0 Å². The second-order valence-corrected chi connectivity index (χ2v) is 5.55. The van der Waals surface area contributed by atoms with E-state index in [1.807, 2.05) is 31.2 Å². The predicted molar refractivity (Wildman–Crippen MR) is 94.6 cm³/mol. The van der Waals surface area contributed by atoms with Gasteiger partial charge in [-0.1, -0.05) is 41.4 Å². The number of nitrogens with zero attached hydrogens (tertiary/aromatic N) is 1. The molecule has 0 aliphatic carbocycles. The average Bonchev–Trinajstić information content (AvgIpc) is 2.42. The van der Waals surface area contributed by atoms with E-state index >= 15 is 0 Å². The summed E-state index contributed by atoms with van der Waals surface area (Å²) in [5, 5.41) is 8.53. The molecule has 0 saturated carbocycles. The second-order valence-electron chi connectivity index (χ2n) is 4.33. The Morgan fingerprint density at radius 2 is 1.81 bits per heavy atom. The molecule has 108 valence electrons. The van der Waals surface area contributed by atoms with Crippen LogP contribution in [-0.4, -0.2) is 11.3 Å². The van der Waals surface area contributed by atoms with E-state index in [0.717, 1.165) is 11.3 Å². The van der Waals surface area contributed by atoms with Crippen LogP contribution in [0.1, 0.15) is 11.1 Å². The van der Waals surface area contributed by atoms with Crippen LogP contribution in [0.4, 0.5) is 5.69 Å². The quantitative estimate of drug-likeness (QED) is 0.487. The maximum absolute atomic E-state index is 6.04. The topological polar surface area (TPSA) is 36.4 Å². The highest BCUT2D eigenvalue weighted by Gasteiger charge is 2.02. The van der Waals surface area contributed by atoms with Crippen LogP contribution in [0, 0.1) is 6.92 Å². The fourth-order valence-corrected chi connectivity index (χ4v) is 2.34. The first-order valence-electron chi connectivity index (χ1n) is 6.17. The van der Waals surface area contributed by atoms with E-state index in [2.05, 4.69) is 15.8 Å². The fourth-order valence-electron chi connectivity index (χ4n) is 1.67. The lowest BCUT2D eigenvalue weighted by Crippen LogP contribution is -2.23. The minimum absolute atomic E-state index is 0.389. The van der Waals surface area contributed by atoms with Crippen molar-refractivity contribution in [3.63, 3.8) is 0 Å². The van der Waals surface area contributed by atoms with Crippen LogP contribution < -0.4 is 10.7 Å². The van der Waals surface area contributed by atoms with Crippen molar-refractivity contribution in [1.82, 2.24) is 5.43 Å². The van der Waals surface area contributed by atoms with Gasteiger partial charge in [-0.25, -0.2) is 0 Å². The minimum atomic E-state index is 0.389. The lowest BCUT2D eigenvalue weighted by Gasteiger charge is -2.07. The van der Waals surface area contributed by atoms with Crippen LogP contribution >= 0.6 is 35.4 Å². The summed E-state index contributed by atoms with van der Waals surface area (Å²) in [6, 6.07) is 13.2. The highest BCUT2D eigenvalue weighted by molar-refractivity contribution is 7.80. The molecule has 0 spiro atoms. The van der Waals surface area contributed by atoms with E-state index < -0.39 is 0 Å². The van der Waals surface area contributed by atoms with Crippen molar-refractivity contribution in [2.75, 3.05) is 5.32 Å². The number of anilines is 1. The Hall–Kier alpha value is -1.62. The highest BCUT2D eigenvalue weighted by Crippen LogP contribution is 2.21. The molecule has 0 bridgehead atoms. The Kier molecular flexibility index (Phi) is 5.56. The number of rotatable bonds is 3. The molecule has 0 atom stereocenters. The molecular weight excluding hydrogens is 325 g/mol. The largest absolute Gasteiger partial charge is 0.331 e. The number of aryl methyl sites for hydroxylation is 1. The summed E-state index contributed by atoms with van der Waals surface area (Å²) >= 11 is 17.2. The summed E-state index contributed by atoms with van der Waals surface area (Å²) in [4.78, 5) is 0. The molecule has 21 heavy (non-hydrogen) atoms. The molecule has 0 heterocycles. The van der Waals surface area contributed by atoms with Crippen molar-refractivity contribution in [2.45, 2.75) is 6.92 Å². The van der Waals surface area contributed by atoms with Crippen LogP contribution in [0.2, 0.25) is 10.0 Å². The molecular formula is C15H13Cl2N3S. The number of benzene rings is 2. The number of hydrogen-bond acceptors (Lipinski definition) is 2. The van der Waals surface area contributed by atoms with Gasteiger partial charge in [0.2, 0.25) is 0 Å². The van der Waals surface area contributed by atoms with Crippen molar-refractivity contribution in [3.05, 3.63) is 63.6 Å². The Morgan fingerprint density at radius 3 is 2.48 bits per heavy atom. The summed E-state index contributed by atoms with van der Waals surface area (Å²) in [5.41, 5.74) is 5.42. The van der Waals surface area contributed by atoms with Gasteiger partial charge in [0.15, 0.2) is 5.11 Å². The van der Waals surface area contributed by atoms with Crippen LogP contribution in [0.25, 0.3) is 0 Å². The van der Waals surface area contributed by atoms with Crippen LogP contribution in [0.3, 0.4) is 0 Å². The SMILES string of the molecule is Cc1cccc(NC(=S)N/N=C/c2c(Cl)cccc2Cl)c1. The average molecular weight is 338 g/mol. The Bertz CT molecular complexity index is 666. The zero-order chi connectivity index (χ0) is 15.2. The van der Waals surface area contributed by atoms with Crippen molar-refractivity contribution >= 4 is 52.4 Å². The van der Waals surface area contributed by atoms with Crippen molar-refractivity contribution in [1.29, 1.82) is 0 Å². The van der Waals surface area contributed by atoms with Gasteiger partial charge in [0.1, 0.15) is 0 Å². The molecule has 6 heteroatoms. The molecule has 3 nitrogen and oxygen atoms in total. The van der Waals surface area contributed by atoms with E-state index in [0.29, 0.717) is 20.7 Å². The van der Waals surface area contributed by atoms with Gasteiger partial charge in [0.05, 0.1) is 16.3 Å². The lowest BCUT2D eigenvalue weighted by atomic mass is 10.2. The standard InChI is InChI=1S/C15H13Cl2N3S/c1-10-4-2-5-11(8-10)19-15(21)20-18-9-12-13(16)6-3-7-14(12)17/h2-9H,1H3,(H2,19,20,21)/b18-9+. The summed E-state index contributed by atoms with van der Waals surface area (Å²) in [6.45, 7) is 2.01. The van der Waals surface area contributed by atoms with Gasteiger partial charge in [-0.3, -0.25) is 5.43 Å². The molecule has 2 aromatic carbocycles. The zero-order valence-corrected chi connectivity index (χ0v) is 13.6. The number of halogens is 2. The smallest absolute Gasteiger partial charge is 0.191 e. The third-order valence-electron chi connectivity index (χ3n) is 2.64. The maximum Gasteiger partial charge on any atom is 0.191 e. The first-order chi connectivity index (χ1) is 10.1. The number of hydrogen-bond donors (Lipinski definition) is 2. The molecule has 2 aromatic rings. The first kappa shape index (κ1) is 15.8. The normalized spacial score (nSPS) is 10.6. The third-order valence-corrected chi connectivity index (χ3v) is 3.49. The summed E-state index contributed by atoms with van der Waals surface area (Å²) < 4.78 is 0. The molecule has 2 N–H and O–H groups in total. The Labute approximate surface area is 139 Å². The monoisotopic (exact) mass is 337 g/mol. The molecule has 0 fully saturated rings. The molecule has 0 unspecified atom stereocenters. The van der Waals surface area contributed by atoms with E-state index in [1.54, 1.807) is 18.2 Å². The Morgan fingerprint density at radius 1 is 1.14 bits per heavy atom. The Balaban J connectivity index is 1.96. The molecule has 0 saturated heterocycles. The molecule has 2 rings (SSSR count). The third kappa shape index (κ3) is 4.70. The predicted octanol–water partition coefficient (Wildman–Crippen LogP) is 4.62. The van der Waals surface area contributed by atoms with Gasteiger partial charge < -0.3 is 5.32 Å². The van der Waals surface area contributed by atoms with Crippen molar-refractivity contribution in [2.24, 2.45) is 5.10 Å². The van der Waals surface area contributed by atoms with Crippen molar-refractivity contribution < 1.29 is 0 Å². The van der Waals surface area contributed by atoms with Gasteiger partial charge in [-0.2, -0.15) is 5.10 Å². The minimum Gasteiger partial charge on any atom is -0.331 e. The fraction of sp³-hybridized carbons (Fsp3) is 0.0667. The molecule has 0 aliphatic rings. The maximum atomic E-state index is 6.04. The lowest BCUT2D eigenvalue weighted by molar-refractivity contribution is 1.05. The van der Waals surface area contributed by atoms with Gasteiger partial charge in [-0.15, -0.1) is 0 Å². The van der Waals surface area contributed by atoms with E-state index in [-0.39, 0.29) is 0 Å². The van der Waals surface area contributed by atoms with Gasteiger partial charge >= 0.3 is 0 Å². The van der Waals surface area contributed by atoms with Crippen LogP contribution in [0.15, 0.2) is 47.6 Å². The number of thiocarbonyl (C=S) groups is 1. The number of nitrogens with one attached hydrogen (secondary N) is 2. The highest BCUT2D eigenvalue weighted by atomic mass is 35.5. The van der Waals surface area contributed by atoms with E-state index in [9.17, 15) is 0 Å². The summed E-state index contributed by atoms with van der Waals surface area (Å²) in [5.74, 6) is 0. The number of hydrazone groups is 1. The van der Waals surface area contributed by atoms with Gasteiger partial charge in [-0.05, 0) is 49.0 Å². The summed E-state index contributed by atoms with van der Waals surface area (Å²) in [6.07, 6.45) is 1.54. The van der Waals surface area contributed by atoms with Crippen molar-refractivity contribution in [3.8, 4) is 0 Å². The molecule has 0 amide bonds. The van der Waals surface area contributed by atoms with Gasteiger partial charge in [0, 0.05) is 11.3 Å². The zero-order valence-electron chi connectivity index (χ0n) is 11.2. The first-order valence-corrected chi connectivity index (χ1v) is 7.33. The molecule has 0 aromatic heterocycles. The van der Waals surface area contributed by atoms with Crippen LogP contribution in [0.5, 0.6) is 0 Å². The van der Waals surface area contributed by atoms with Gasteiger partial charge in [0.25, 0.3) is 0 Å². The second kappa shape index (κ2) is 7.41. The summed E-state index contributed by atoms with van der Waals surface area (Å²) in [7, 11) is 0. The molecule has 0 aliphatic heterocycles.